The van der Waals surface area contributed by atoms with Gasteiger partial charge >= 0.3 is 0 Å². The number of para-hydroxylation sites is 1. The van der Waals surface area contributed by atoms with Gasteiger partial charge in [0, 0.05) is 18.8 Å². The number of rotatable bonds is 7. The smallest absolute Gasteiger partial charge is 0.257 e. The SMILES string of the molecule is CCS(=O)(=O)N(C)c1cc(OC)c(OC)cc1C(=O)Nc1ccccc1. The highest BCUT2D eigenvalue weighted by Gasteiger charge is 2.25. The monoisotopic (exact) mass is 378 g/mol. The molecule has 0 atom stereocenters. The van der Waals surface area contributed by atoms with Crippen molar-refractivity contribution >= 4 is 27.3 Å². The third kappa shape index (κ3) is 4.08. The predicted molar refractivity (Wildman–Crippen MR) is 102 cm³/mol. The fourth-order valence-electron chi connectivity index (χ4n) is 2.37. The number of anilines is 2. The van der Waals surface area contributed by atoms with Crippen LogP contribution >= 0.6 is 0 Å². The molecular weight excluding hydrogens is 356 g/mol. The van der Waals surface area contributed by atoms with E-state index in [9.17, 15) is 13.2 Å². The van der Waals surface area contributed by atoms with Crippen LogP contribution in [-0.2, 0) is 10.0 Å². The summed E-state index contributed by atoms with van der Waals surface area (Å²) in [6.45, 7) is 1.54. The van der Waals surface area contributed by atoms with Crippen molar-refractivity contribution in [1.29, 1.82) is 0 Å². The van der Waals surface area contributed by atoms with Gasteiger partial charge in [0.25, 0.3) is 5.91 Å². The van der Waals surface area contributed by atoms with Crippen LogP contribution in [-0.4, -0.2) is 41.3 Å². The largest absolute Gasteiger partial charge is 0.493 e. The molecule has 0 saturated carbocycles. The molecule has 2 aromatic rings. The van der Waals surface area contributed by atoms with Crippen LogP contribution in [0, 0.1) is 0 Å². The number of nitrogens with zero attached hydrogens (tertiary/aromatic N) is 1. The summed E-state index contributed by atoms with van der Waals surface area (Å²) in [4.78, 5) is 12.8. The molecule has 140 valence electrons. The van der Waals surface area contributed by atoms with Crippen LogP contribution in [0.15, 0.2) is 42.5 Å². The van der Waals surface area contributed by atoms with E-state index in [0.717, 1.165) is 4.31 Å². The molecule has 0 fully saturated rings. The molecule has 2 rings (SSSR count). The number of hydrogen-bond donors (Lipinski definition) is 1. The highest BCUT2D eigenvalue weighted by molar-refractivity contribution is 7.92. The highest BCUT2D eigenvalue weighted by Crippen LogP contribution is 2.36. The molecule has 0 unspecified atom stereocenters. The third-order valence-electron chi connectivity index (χ3n) is 3.90. The molecule has 0 aliphatic rings. The number of methoxy groups -OCH3 is 2. The van der Waals surface area contributed by atoms with E-state index in [-0.39, 0.29) is 17.0 Å². The van der Waals surface area contributed by atoms with Crippen LogP contribution in [0.3, 0.4) is 0 Å². The molecule has 2 aromatic carbocycles. The van der Waals surface area contributed by atoms with Crippen molar-refractivity contribution in [2.75, 3.05) is 36.6 Å². The first-order chi connectivity index (χ1) is 12.3. The minimum absolute atomic E-state index is 0.0996. The average molecular weight is 378 g/mol. The molecule has 0 aromatic heterocycles. The lowest BCUT2D eigenvalue weighted by Crippen LogP contribution is -2.30. The quantitative estimate of drug-likeness (QED) is 0.801. The van der Waals surface area contributed by atoms with E-state index in [2.05, 4.69) is 5.32 Å². The molecule has 1 amide bonds. The summed E-state index contributed by atoms with van der Waals surface area (Å²) in [5.41, 5.74) is 0.961. The second-order valence-electron chi connectivity index (χ2n) is 5.41. The summed E-state index contributed by atoms with van der Waals surface area (Å²) in [6.07, 6.45) is 0. The number of nitrogens with one attached hydrogen (secondary N) is 1. The topological polar surface area (TPSA) is 84.9 Å². The summed E-state index contributed by atoms with van der Waals surface area (Å²) in [5.74, 6) is 0.108. The Morgan fingerprint density at radius 1 is 1.08 bits per heavy atom. The molecular formula is C18H22N2O5S. The summed E-state index contributed by atoms with van der Waals surface area (Å²) in [6, 6.07) is 11.8. The molecule has 26 heavy (non-hydrogen) atoms. The van der Waals surface area contributed by atoms with Crippen molar-refractivity contribution < 1.29 is 22.7 Å². The van der Waals surface area contributed by atoms with Crippen molar-refractivity contribution in [3.05, 3.63) is 48.0 Å². The molecule has 0 saturated heterocycles. The molecule has 0 heterocycles. The van der Waals surface area contributed by atoms with Crippen molar-refractivity contribution in [3.8, 4) is 11.5 Å². The van der Waals surface area contributed by atoms with E-state index in [1.807, 2.05) is 6.07 Å². The van der Waals surface area contributed by atoms with Gasteiger partial charge in [-0.25, -0.2) is 8.42 Å². The van der Waals surface area contributed by atoms with Gasteiger partial charge in [-0.3, -0.25) is 9.10 Å². The fraction of sp³-hybridized carbons (Fsp3) is 0.278. The van der Waals surface area contributed by atoms with E-state index in [4.69, 9.17) is 9.47 Å². The lowest BCUT2D eigenvalue weighted by Gasteiger charge is -2.23. The summed E-state index contributed by atoms with van der Waals surface area (Å²) in [7, 11) is 0.726. The molecule has 1 N–H and O–H groups in total. The zero-order valence-electron chi connectivity index (χ0n) is 15.1. The summed E-state index contributed by atoms with van der Waals surface area (Å²) in [5, 5.41) is 2.75. The Morgan fingerprint density at radius 2 is 1.65 bits per heavy atom. The van der Waals surface area contributed by atoms with Gasteiger partial charge < -0.3 is 14.8 Å². The van der Waals surface area contributed by atoms with Crippen molar-refractivity contribution in [3.63, 3.8) is 0 Å². The molecule has 0 aliphatic heterocycles. The second kappa shape index (κ2) is 8.09. The maximum Gasteiger partial charge on any atom is 0.257 e. The van der Waals surface area contributed by atoms with Crippen LogP contribution in [0.5, 0.6) is 11.5 Å². The van der Waals surface area contributed by atoms with E-state index in [0.29, 0.717) is 17.2 Å². The number of ether oxygens (including phenoxy) is 2. The maximum absolute atomic E-state index is 12.8. The van der Waals surface area contributed by atoms with Crippen molar-refractivity contribution in [2.24, 2.45) is 0 Å². The Kier molecular flexibility index (Phi) is 6.10. The normalized spacial score (nSPS) is 10.9. The highest BCUT2D eigenvalue weighted by atomic mass is 32.2. The Labute approximate surface area is 153 Å². The van der Waals surface area contributed by atoms with Crippen molar-refractivity contribution in [2.45, 2.75) is 6.92 Å². The minimum atomic E-state index is -3.57. The van der Waals surface area contributed by atoms with E-state index in [1.54, 1.807) is 24.3 Å². The van der Waals surface area contributed by atoms with Gasteiger partial charge in [-0.15, -0.1) is 0 Å². The first kappa shape index (κ1) is 19.6. The Hall–Kier alpha value is -2.74. The lowest BCUT2D eigenvalue weighted by atomic mass is 10.1. The zero-order chi connectivity index (χ0) is 19.3. The van der Waals surface area contributed by atoms with Crippen LogP contribution in [0.4, 0.5) is 11.4 Å². The van der Waals surface area contributed by atoms with Crippen LogP contribution in [0.25, 0.3) is 0 Å². The van der Waals surface area contributed by atoms with Crippen LogP contribution < -0.4 is 19.1 Å². The maximum atomic E-state index is 12.8. The van der Waals surface area contributed by atoms with Gasteiger partial charge in [-0.1, -0.05) is 18.2 Å². The van der Waals surface area contributed by atoms with Gasteiger partial charge in [0.2, 0.25) is 10.0 Å². The van der Waals surface area contributed by atoms with Crippen LogP contribution in [0.2, 0.25) is 0 Å². The third-order valence-corrected chi connectivity index (χ3v) is 5.66. The Balaban J connectivity index is 2.56. The number of amides is 1. The first-order valence-corrected chi connectivity index (χ1v) is 9.54. The summed E-state index contributed by atoms with van der Waals surface area (Å²) < 4.78 is 36.2. The van der Waals surface area contributed by atoms with E-state index in [1.165, 1.54) is 40.3 Å². The zero-order valence-corrected chi connectivity index (χ0v) is 16.0. The second-order valence-corrected chi connectivity index (χ2v) is 7.70. The Bertz CT molecular complexity index is 882. The minimum Gasteiger partial charge on any atom is -0.493 e. The summed E-state index contributed by atoms with van der Waals surface area (Å²) >= 11 is 0. The van der Waals surface area contributed by atoms with Gasteiger partial charge in [0.1, 0.15) is 0 Å². The average Bonchev–Trinajstić information content (AvgIpc) is 2.66. The van der Waals surface area contributed by atoms with Crippen LogP contribution in [0.1, 0.15) is 17.3 Å². The number of sulfonamides is 1. The number of carbonyl (C=O) groups excluding carboxylic acids is 1. The van der Waals surface area contributed by atoms with Crippen molar-refractivity contribution in [1.82, 2.24) is 0 Å². The Morgan fingerprint density at radius 3 is 2.19 bits per heavy atom. The van der Waals surface area contributed by atoms with Gasteiger partial charge in [-0.05, 0) is 25.1 Å². The molecule has 8 heteroatoms. The van der Waals surface area contributed by atoms with Gasteiger partial charge in [-0.2, -0.15) is 0 Å². The van der Waals surface area contributed by atoms with Gasteiger partial charge in [0.05, 0.1) is 31.2 Å². The molecule has 0 aliphatic carbocycles. The number of carbonyl (C=O) groups is 1. The standard InChI is InChI=1S/C18H22N2O5S/c1-5-26(22,23)20(2)15-12-17(25-4)16(24-3)11-14(15)18(21)19-13-9-7-6-8-10-13/h6-12H,5H2,1-4H3,(H,19,21). The van der Waals surface area contributed by atoms with Gasteiger partial charge in [0.15, 0.2) is 11.5 Å². The van der Waals surface area contributed by atoms with E-state index >= 15 is 0 Å². The fourth-order valence-corrected chi connectivity index (χ4v) is 3.21. The van der Waals surface area contributed by atoms with E-state index < -0.39 is 15.9 Å². The number of hydrogen-bond acceptors (Lipinski definition) is 5. The molecule has 0 spiro atoms. The molecule has 0 radical (unpaired) electrons. The molecule has 7 nitrogen and oxygen atoms in total. The lowest BCUT2D eigenvalue weighted by molar-refractivity contribution is 0.102. The number of benzene rings is 2. The molecule has 0 bridgehead atoms. The first-order valence-electron chi connectivity index (χ1n) is 7.93. The predicted octanol–water partition coefficient (Wildman–Crippen LogP) is 2.74.